The molecule has 1 saturated heterocycles. The lowest BCUT2D eigenvalue weighted by atomic mass is 10.0. The van der Waals surface area contributed by atoms with Gasteiger partial charge in [0, 0.05) is 29.9 Å². The molecule has 1 aliphatic heterocycles. The van der Waals surface area contributed by atoms with E-state index in [1.54, 1.807) is 24.4 Å². The summed E-state index contributed by atoms with van der Waals surface area (Å²) >= 11 is 0. The van der Waals surface area contributed by atoms with Gasteiger partial charge in [-0.2, -0.15) is 10.4 Å². The van der Waals surface area contributed by atoms with Crippen LogP contribution in [0.2, 0.25) is 0 Å². The summed E-state index contributed by atoms with van der Waals surface area (Å²) in [7, 11) is 1.37. The molecule has 2 N–H and O–H groups in total. The van der Waals surface area contributed by atoms with Crippen molar-refractivity contribution in [2.45, 2.75) is 19.0 Å². The molecule has 164 valence electrons. The molecule has 1 aromatic heterocycles. The number of hydrogen-bond acceptors (Lipinski definition) is 5. The van der Waals surface area contributed by atoms with Gasteiger partial charge < -0.3 is 15.4 Å². The van der Waals surface area contributed by atoms with Crippen LogP contribution in [-0.2, 0) is 11.3 Å². The van der Waals surface area contributed by atoms with Crippen LogP contribution in [0.1, 0.15) is 12.0 Å². The normalized spacial score (nSPS) is 15.4. The van der Waals surface area contributed by atoms with Gasteiger partial charge in [-0.05, 0) is 42.8 Å². The Labute approximate surface area is 183 Å². The summed E-state index contributed by atoms with van der Waals surface area (Å²) < 4.78 is 35.1. The molecule has 32 heavy (non-hydrogen) atoms. The second-order valence-corrected chi connectivity index (χ2v) is 7.50. The molecule has 9 heteroatoms. The summed E-state index contributed by atoms with van der Waals surface area (Å²) in [6.45, 7) is 1.53. The standard InChI is InChI=1S/C23H21F2N5O2/c1-32-21-5-4-14(8-20(21)25)18-12-30(13-22(31)28-17-6-7-27-11-17)29-23(18)15-2-3-16(10-26)19(24)9-15/h2-5,8-9,12,17,27H,6-7,11,13H2,1H3,(H,28,31). The van der Waals surface area contributed by atoms with Crippen LogP contribution in [0.25, 0.3) is 22.4 Å². The van der Waals surface area contributed by atoms with Gasteiger partial charge in [-0.3, -0.25) is 9.48 Å². The average molecular weight is 437 g/mol. The molecule has 0 bridgehead atoms. The molecule has 2 aromatic carbocycles. The van der Waals surface area contributed by atoms with Gasteiger partial charge >= 0.3 is 0 Å². The molecule has 0 aliphatic carbocycles. The van der Waals surface area contributed by atoms with Crippen LogP contribution in [-0.4, -0.2) is 41.9 Å². The van der Waals surface area contributed by atoms with Gasteiger partial charge in [0.05, 0.1) is 12.7 Å². The van der Waals surface area contributed by atoms with Gasteiger partial charge in [-0.1, -0.05) is 12.1 Å². The van der Waals surface area contributed by atoms with Gasteiger partial charge in [0.25, 0.3) is 0 Å². The van der Waals surface area contributed by atoms with Crippen molar-refractivity contribution < 1.29 is 18.3 Å². The Morgan fingerprint density at radius 2 is 2.06 bits per heavy atom. The Morgan fingerprint density at radius 3 is 2.72 bits per heavy atom. The lowest BCUT2D eigenvalue weighted by Gasteiger charge is -2.11. The summed E-state index contributed by atoms with van der Waals surface area (Å²) in [5.74, 6) is -1.35. The fraction of sp³-hybridized carbons (Fsp3) is 0.261. The van der Waals surface area contributed by atoms with Crippen molar-refractivity contribution in [1.82, 2.24) is 20.4 Å². The zero-order valence-electron chi connectivity index (χ0n) is 17.4. The van der Waals surface area contributed by atoms with Gasteiger partial charge in [-0.15, -0.1) is 0 Å². The van der Waals surface area contributed by atoms with Crippen LogP contribution in [0.5, 0.6) is 5.75 Å². The van der Waals surface area contributed by atoms with Gasteiger partial charge in [0.1, 0.15) is 24.1 Å². The van der Waals surface area contributed by atoms with Gasteiger partial charge in [-0.25, -0.2) is 8.78 Å². The minimum atomic E-state index is -0.683. The third kappa shape index (κ3) is 4.45. The van der Waals surface area contributed by atoms with Gasteiger partial charge in [0.15, 0.2) is 11.6 Å². The Balaban J connectivity index is 1.71. The molecule has 2 heterocycles. The summed E-state index contributed by atoms with van der Waals surface area (Å²) in [6.07, 6.45) is 2.48. The number of halogens is 2. The first kappa shape index (κ1) is 21.5. The average Bonchev–Trinajstić information content (AvgIpc) is 3.43. The largest absolute Gasteiger partial charge is 0.494 e. The van der Waals surface area contributed by atoms with Crippen LogP contribution in [0.4, 0.5) is 8.78 Å². The lowest BCUT2D eigenvalue weighted by molar-refractivity contribution is -0.122. The number of hydrogen-bond donors (Lipinski definition) is 2. The third-order valence-electron chi connectivity index (χ3n) is 5.32. The van der Waals surface area contributed by atoms with Crippen molar-refractivity contribution in [3.63, 3.8) is 0 Å². The highest BCUT2D eigenvalue weighted by molar-refractivity contribution is 5.82. The van der Waals surface area contributed by atoms with E-state index in [1.807, 2.05) is 0 Å². The number of nitrogens with one attached hydrogen (secondary N) is 2. The molecule has 4 rings (SSSR count). The number of ether oxygens (including phenoxy) is 1. The van der Waals surface area contributed by atoms with E-state index >= 15 is 0 Å². The predicted octanol–water partition coefficient (Wildman–Crippen LogP) is 2.85. The van der Waals surface area contributed by atoms with E-state index in [1.165, 1.54) is 36.1 Å². The molecule has 7 nitrogen and oxygen atoms in total. The molecule has 0 radical (unpaired) electrons. The Kier molecular flexibility index (Phi) is 6.14. The first-order chi connectivity index (χ1) is 15.5. The van der Waals surface area contributed by atoms with Crippen LogP contribution >= 0.6 is 0 Å². The summed E-state index contributed by atoms with van der Waals surface area (Å²) in [6, 6.07) is 10.4. The van der Waals surface area contributed by atoms with Crippen molar-refractivity contribution in [2.24, 2.45) is 0 Å². The quantitative estimate of drug-likeness (QED) is 0.619. The monoisotopic (exact) mass is 437 g/mol. The minimum absolute atomic E-state index is 0.0408. The number of carbonyl (C=O) groups is 1. The molecular weight excluding hydrogens is 416 g/mol. The highest BCUT2D eigenvalue weighted by Crippen LogP contribution is 2.34. The van der Waals surface area contributed by atoms with Crippen molar-refractivity contribution in [3.8, 4) is 34.2 Å². The van der Waals surface area contributed by atoms with E-state index < -0.39 is 11.6 Å². The number of nitrogens with zero attached hydrogens (tertiary/aromatic N) is 3. The Hall–Kier alpha value is -3.77. The number of benzene rings is 2. The first-order valence-corrected chi connectivity index (χ1v) is 10.1. The van der Waals surface area contributed by atoms with E-state index in [-0.39, 0.29) is 29.8 Å². The second kappa shape index (κ2) is 9.16. The highest BCUT2D eigenvalue weighted by atomic mass is 19.1. The van der Waals surface area contributed by atoms with Crippen LogP contribution in [0.3, 0.4) is 0 Å². The summed E-state index contributed by atoms with van der Waals surface area (Å²) in [5, 5.41) is 19.6. The fourth-order valence-corrected chi connectivity index (χ4v) is 3.71. The first-order valence-electron chi connectivity index (χ1n) is 10.1. The van der Waals surface area contributed by atoms with Gasteiger partial charge in [0.2, 0.25) is 5.91 Å². The summed E-state index contributed by atoms with van der Waals surface area (Å²) in [4.78, 5) is 12.5. The zero-order chi connectivity index (χ0) is 22.7. The molecule has 1 fully saturated rings. The maximum atomic E-state index is 14.4. The van der Waals surface area contributed by atoms with Crippen molar-refractivity contribution in [1.29, 1.82) is 5.26 Å². The SMILES string of the molecule is COc1ccc(-c2cn(CC(=O)NC3CCNC3)nc2-c2ccc(C#N)c(F)c2)cc1F. The smallest absolute Gasteiger partial charge is 0.241 e. The molecule has 1 amide bonds. The lowest BCUT2D eigenvalue weighted by Crippen LogP contribution is -2.38. The number of methoxy groups -OCH3 is 1. The van der Waals surface area contributed by atoms with Crippen LogP contribution in [0.15, 0.2) is 42.6 Å². The summed E-state index contributed by atoms with van der Waals surface area (Å²) in [5.41, 5.74) is 1.70. The number of rotatable bonds is 6. The van der Waals surface area contributed by atoms with E-state index in [9.17, 15) is 13.6 Å². The molecule has 3 aromatic rings. The molecule has 0 saturated carbocycles. The predicted molar refractivity (Wildman–Crippen MR) is 114 cm³/mol. The molecule has 0 spiro atoms. The van der Waals surface area contributed by atoms with Crippen LogP contribution in [0, 0.1) is 23.0 Å². The third-order valence-corrected chi connectivity index (χ3v) is 5.32. The Bertz CT molecular complexity index is 1200. The van der Waals surface area contributed by atoms with Crippen molar-refractivity contribution in [2.75, 3.05) is 20.2 Å². The van der Waals surface area contributed by atoms with E-state index in [2.05, 4.69) is 15.7 Å². The number of aromatic nitrogens is 2. The second-order valence-electron chi connectivity index (χ2n) is 7.50. The maximum absolute atomic E-state index is 14.4. The zero-order valence-corrected chi connectivity index (χ0v) is 17.4. The number of carbonyl (C=O) groups excluding carboxylic acids is 1. The fourth-order valence-electron chi connectivity index (χ4n) is 3.71. The Morgan fingerprint density at radius 1 is 1.28 bits per heavy atom. The number of amides is 1. The molecule has 1 atom stereocenters. The van der Waals surface area contributed by atoms with Crippen LogP contribution < -0.4 is 15.4 Å². The highest BCUT2D eigenvalue weighted by Gasteiger charge is 2.20. The van der Waals surface area contributed by atoms with E-state index in [0.29, 0.717) is 22.4 Å². The van der Waals surface area contributed by atoms with E-state index in [0.717, 1.165) is 19.5 Å². The molecule has 1 unspecified atom stereocenters. The topological polar surface area (TPSA) is 92.0 Å². The minimum Gasteiger partial charge on any atom is -0.494 e. The molecular formula is C23H21F2N5O2. The van der Waals surface area contributed by atoms with Crippen molar-refractivity contribution >= 4 is 5.91 Å². The maximum Gasteiger partial charge on any atom is 0.241 e. The molecule has 1 aliphatic rings. The van der Waals surface area contributed by atoms with Crippen molar-refractivity contribution in [3.05, 3.63) is 59.8 Å². The van der Waals surface area contributed by atoms with E-state index in [4.69, 9.17) is 10.00 Å². The number of nitriles is 1.